The summed E-state index contributed by atoms with van der Waals surface area (Å²) in [5.74, 6) is 1.58. The largest absolute Gasteiger partial charge is 0.573 e. The minimum atomic E-state index is -4.64. The standard InChI is InChI=1S/C25H32F3NO2/c26-25(27,28)31-24-15-11-22(12-16-24)21-9-5-20(6-10-21)18-30-23-13-7-19(8-14-23)4-2-1-3-17-29/h1,3,11-12,15-16,19-21,23H,2,4-10,13-14,18H2/t19-,20-,21-,23-. The number of hydrogen-bond donors (Lipinski definition) is 0. The SMILES string of the molecule is N#CC=CCC[C@H]1CC[C@H](OC[C@H]2CC[C@H](c3ccc(OC(F)(F)F)cc3)CC2)CC1. The molecule has 6 heteroatoms. The molecule has 0 N–H and O–H groups in total. The third kappa shape index (κ3) is 8.22. The Hall–Kier alpha value is -2.00. The van der Waals surface area contributed by atoms with E-state index in [2.05, 4.69) is 4.74 Å². The fraction of sp³-hybridized carbons (Fsp3) is 0.640. The first-order chi connectivity index (χ1) is 14.9. The van der Waals surface area contributed by atoms with Crippen LogP contribution in [0, 0.1) is 23.2 Å². The van der Waals surface area contributed by atoms with Crippen molar-refractivity contribution in [2.75, 3.05) is 6.61 Å². The Morgan fingerprint density at radius 2 is 1.58 bits per heavy atom. The van der Waals surface area contributed by atoms with E-state index in [0.717, 1.165) is 69.5 Å². The monoisotopic (exact) mass is 435 g/mol. The lowest BCUT2D eigenvalue weighted by molar-refractivity contribution is -0.274. The van der Waals surface area contributed by atoms with E-state index in [1.54, 1.807) is 18.2 Å². The molecule has 2 fully saturated rings. The van der Waals surface area contributed by atoms with Gasteiger partial charge in [0.2, 0.25) is 0 Å². The highest BCUT2D eigenvalue weighted by Crippen LogP contribution is 2.37. The maximum atomic E-state index is 12.3. The van der Waals surface area contributed by atoms with Crippen molar-refractivity contribution in [1.82, 2.24) is 0 Å². The normalized spacial score (nSPS) is 27.2. The molecule has 3 rings (SSSR count). The summed E-state index contributed by atoms with van der Waals surface area (Å²) in [6.45, 7) is 0.825. The number of hydrogen-bond acceptors (Lipinski definition) is 3. The van der Waals surface area contributed by atoms with Gasteiger partial charge in [0.25, 0.3) is 0 Å². The van der Waals surface area contributed by atoms with Gasteiger partial charge in [0.1, 0.15) is 5.75 Å². The molecule has 1 aromatic carbocycles. The predicted molar refractivity (Wildman–Crippen MR) is 114 cm³/mol. The molecule has 2 saturated carbocycles. The molecule has 0 atom stereocenters. The van der Waals surface area contributed by atoms with Gasteiger partial charge in [0, 0.05) is 12.7 Å². The molecule has 2 aliphatic carbocycles. The summed E-state index contributed by atoms with van der Waals surface area (Å²) >= 11 is 0. The number of alkyl halides is 3. The smallest absolute Gasteiger partial charge is 0.406 e. The molecular weight excluding hydrogens is 403 g/mol. The molecule has 170 valence electrons. The maximum Gasteiger partial charge on any atom is 0.573 e. The maximum absolute atomic E-state index is 12.3. The third-order valence-electron chi connectivity index (χ3n) is 6.73. The van der Waals surface area contributed by atoms with Crippen molar-refractivity contribution in [2.45, 2.75) is 82.6 Å². The Bertz CT molecular complexity index is 723. The lowest BCUT2D eigenvalue weighted by Crippen LogP contribution is -2.25. The lowest BCUT2D eigenvalue weighted by Gasteiger charge is -2.32. The average molecular weight is 436 g/mol. The minimum Gasteiger partial charge on any atom is -0.406 e. The van der Waals surface area contributed by atoms with Gasteiger partial charge in [-0.15, -0.1) is 13.2 Å². The second kappa shape index (κ2) is 11.6. The molecule has 3 nitrogen and oxygen atoms in total. The summed E-state index contributed by atoms with van der Waals surface area (Å²) in [6.07, 6.45) is 10.4. The van der Waals surface area contributed by atoms with E-state index in [1.807, 2.05) is 12.1 Å². The first kappa shape index (κ1) is 23.7. The van der Waals surface area contributed by atoms with Gasteiger partial charge in [-0.25, -0.2) is 0 Å². The van der Waals surface area contributed by atoms with Crippen LogP contribution in [0.2, 0.25) is 0 Å². The van der Waals surface area contributed by atoms with Crippen molar-refractivity contribution in [1.29, 1.82) is 5.26 Å². The van der Waals surface area contributed by atoms with Gasteiger partial charge in [-0.05, 0) is 99.7 Å². The molecule has 0 aromatic heterocycles. The Morgan fingerprint density at radius 1 is 0.935 bits per heavy atom. The summed E-state index contributed by atoms with van der Waals surface area (Å²) in [6, 6.07) is 8.38. The van der Waals surface area contributed by atoms with Crippen LogP contribution in [0.1, 0.15) is 75.7 Å². The van der Waals surface area contributed by atoms with Crippen LogP contribution in [0.5, 0.6) is 5.75 Å². The highest BCUT2D eigenvalue weighted by molar-refractivity contribution is 5.29. The molecule has 0 saturated heterocycles. The van der Waals surface area contributed by atoms with Crippen molar-refractivity contribution < 1.29 is 22.6 Å². The molecule has 0 bridgehead atoms. The fourth-order valence-electron chi connectivity index (χ4n) is 4.93. The van der Waals surface area contributed by atoms with Crippen LogP contribution in [0.25, 0.3) is 0 Å². The minimum absolute atomic E-state index is 0.160. The number of rotatable bonds is 8. The molecule has 0 amide bonds. The van der Waals surface area contributed by atoms with E-state index in [4.69, 9.17) is 10.00 Å². The van der Waals surface area contributed by atoms with Crippen LogP contribution in [0.15, 0.2) is 36.4 Å². The van der Waals surface area contributed by atoms with Crippen LogP contribution in [-0.2, 0) is 4.74 Å². The van der Waals surface area contributed by atoms with Crippen LogP contribution in [0.4, 0.5) is 13.2 Å². The Morgan fingerprint density at radius 3 is 2.19 bits per heavy atom. The van der Waals surface area contributed by atoms with Crippen LogP contribution >= 0.6 is 0 Å². The van der Waals surface area contributed by atoms with Gasteiger partial charge in [-0.1, -0.05) is 18.2 Å². The second-order valence-electron chi connectivity index (χ2n) is 8.92. The highest BCUT2D eigenvalue weighted by atomic mass is 19.4. The zero-order chi connectivity index (χ0) is 22.1. The van der Waals surface area contributed by atoms with Crippen molar-refractivity contribution >= 4 is 0 Å². The predicted octanol–water partition coefficient (Wildman–Crippen LogP) is 7.29. The van der Waals surface area contributed by atoms with E-state index in [0.29, 0.717) is 17.9 Å². The van der Waals surface area contributed by atoms with E-state index in [1.165, 1.54) is 25.0 Å². The summed E-state index contributed by atoms with van der Waals surface area (Å²) in [5, 5.41) is 8.53. The number of nitrogens with zero attached hydrogens (tertiary/aromatic N) is 1. The van der Waals surface area contributed by atoms with Gasteiger partial charge < -0.3 is 9.47 Å². The Kier molecular flexibility index (Phi) is 8.83. The number of halogens is 3. The van der Waals surface area contributed by atoms with Crippen LogP contribution in [-0.4, -0.2) is 19.1 Å². The number of allylic oxidation sites excluding steroid dienone is 2. The van der Waals surface area contributed by atoms with Gasteiger partial charge in [0.15, 0.2) is 0 Å². The van der Waals surface area contributed by atoms with Gasteiger partial charge in [-0.2, -0.15) is 5.26 Å². The van der Waals surface area contributed by atoms with Gasteiger partial charge in [-0.3, -0.25) is 0 Å². The van der Waals surface area contributed by atoms with Crippen molar-refractivity contribution in [3.63, 3.8) is 0 Å². The fourth-order valence-corrected chi connectivity index (χ4v) is 4.93. The third-order valence-corrected chi connectivity index (χ3v) is 6.73. The van der Waals surface area contributed by atoms with Crippen LogP contribution < -0.4 is 4.74 Å². The highest BCUT2D eigenvalue weighted by Gasteiger charge is 2.31. The molecule has 0 unspecified atom stereocenters. The molecule has 0 aliphatic heterocycles. The summed E-state index contributed by atoms with van der Waals surface area (Å²) in [7, 11) is 0. The number of nitriles is 1. The lowest BCUT2D eigenvalue weighted by atomic mass is 9.79. The first-order valence-electron chi connectivity index (χ1n) is 11.4. The molecule has 0 heterocycles. The molecule has 0 radical (unpaired) electrons. The van der Waals surface area contributed by atoms with E-state index in [9.17, 15) is 13.2 Å². The Balaban J connectivity index is 1.32. The Labute approximate surface area is 183 Å². The number of benzene rings is 1. The quantitative estimate of drug-likeness (QED) is 0.403. The first-order valence-corrected chi connectivity index (χ1v) is 11.4. The second-order valence-corrected chi connectivity index (χ2v) is 8.92. The zero-order valence-corrected chi connectivity index (χ0v) is 17.9. The van der Waals surface area contributed by atoms with Gasteiger partial charge >= 0.3 is 6.36 Å². The van der Waals surface area contributed by atoms with Crippen molar-refractivity contribution in [3.8, 4) is 11.8 Å². The molecule has 31 heavy (non-hydrogen) atoms. The summed E-state index contributed by atoms with van der Waals surface area (Å²) < 4.78 is 47.1. The average Bonchev–Trinajstić information content (AvgIpc) is 2.76. The van der Waals surface area contributed by atoms with E-state index in [-0.39, 0.29) is 5.75 Å². The van der Waals surface area contributed by atoms with Gasteiger partial charge in [0.05, 0.1) is 12.2 Å². The molecule has 0 spiro atoms. The molecule has 2 aliphatic rings. The van der Waals surface area contributed by atoms with E-state index >= 15 is 0 Å². The number of ether oxygens (including phenoxy) is 2. The summed E-state index contributed by atoms with van der Waals surface area (Å²) in [4.78, 5) is 0. The van der Waals surface area contributed by atoms with Crippen molar-refractivity contribution in [2.24, 2.45) is 11.8 Å². The molecular formula is C25H32F3NO2. The topological polar surface area (TPSA) is 42.2 Å². The van der Waals surface area contributed by atoms with Crippen molar-refractivity contribution in [3.05, 3.63) is 42.0 Å². The van der Waals surface area contributed by atoms with E-state index < -0.39 is 6.36 Å². The van der Waals surface area contributed by atoms with Crippen LogP contribution in [0.3, 0.4) is 0 Å². The zero-order valence-electron chi connectivity index (χ0n) is 17.9. The summed E-state index contributed by atoms with van der Waals surface area (Å²) in [5.41, 5.74) is 1.09. The molecule has 1 aromatic rings.